The molecule has 0 saturated heterocycles. The monoisotopic (exact) mass is 293 g/mol. The molecule has 0 fully saturated rings. The van der Waals surface area contributed by atoms with Gasteiger partial charge in [-0.1, -0.05) is 18.5 Å². The smallest absolute Gasteiger partial charge is 0.161 e. The van der Waals surface area contributed by atoms with Crippen LogP contribution in [0.2, 0.25) is 5.02 Å². The number of hydrogen-bond donors (Lipinski definition) is 1. The molecule has 5 heteroatoms. The summed E-state index contributed by atoms with van der Waals surface area (Å²) in [5.41, 5.74) is 2.45. The van der Waals surface area contributed by atoms with Crippen LogP contribution in [-0.2, 0) is 0 Å². The SMILES string of the molecule is CCCNc1nc(-c2cc(F)cc(Cl)c2)nc(C)c1C. The van der Waals surface area contributed by atoms with E-state index in [0.29, 0.717) is 16.4 Å². The zero-order valence-corrected chi connectivity index (χ0v) is 12.6. The van der Waals surface area contributed by atoms with Crippen LogP contribution in [0.5, 0.6) is 0 Å². The Bertz CT molecular complexity index is 609. The normalized spacial score (nSPS) is 10.7. The molecule has 2 aromatic rings. The molecular weight excluding hydrogens is 277 g/mol. The Labute approximate surface area is 123 Å². The van der Waals surface area contributed by atoms with Crippen LogP contribution in [0.1, 0.15) is 24.6 Å². The lowest BCUT2D eigenvalue weighted by Crippen LogP contribution is -2.07. The van der Waals surface area contributed by atoms with Gasteiger partial charge in [0, 0.05) is 28.4 Å². The second-order valence-electron chi connectivity index (χ2n) is 4.69. The highest BCUT2D eigenvalue weighted by atomic mass is 35.5. The van der Waals surface area contributed by atoms with Crippen molar-refractivity contribution in [3.63, 3.8) is 0 Å². The van der Waals surface area contributed by atoms with Crippen LogP contribution >= 0.6 is 11.6 Å². The van der Waals surface area contributed by atoms with Crippen molar-refractivity contribution in [2.24, 2.45) is 0 Å². The van der Waals surface area contributed by atoms with Crippen molar-refractivity contribution in [1.82, 2.24) is 9.97 Å². The Morgan fingerprint density at radius 1 is 1.20 bits per heavy atom. The summed E-state index contributed by atoms with van der Waals surface area (Å²) in [6.07, 6.45) is 1.00. The quantitative estimate of drug-likeness (QED) is 0.909. The summed E-state index contributed by atoms with van der Waals surface area (Å²) < 4.78 is 13.4. The van der Waals surface area contributed by atoms with Gasteiger partial charge in [-0.2, -0.15) is 0 Å². The summed E-state index contributed by atoms with van der Waals surface area (Å²) in [5, 5.41) is 3.60. The first-order chi connectivity index (χ1) is 9.51. The van der Waals surface area contributed by atoms with E-state index in [1.54, 1.807) is 6.07 Å². The molecule has 0 amide bonds. The molecule has 0 aliphatic carbocycles. The molecule has 20 heavy (non-hydrogen) atoms. The predicted octanol–water partition coefficient (Wildman–Crippen LogP) is 4.37. The van der Waals surface area contributed by atoms with Crippen LogP contribution in [0.4, 0.5) is 10.2 Å². The molecule has 0 spiro atoms. The molecule has 1 aromatic carbocycles. The summed E-state index contributed by atoms with van der Waals surface area (Å²) in [7, 11) is 0. The second-order valence-corrected chi connectivity index (χ2v) is 5.13. The topological polar surface area (TPSA) is 37.8 Å². The first-order valence-electron chi connectivity index (χ1n) is 6.57. The van der Waals surface area contributed by atoms with E-state index in [2.05, 4.69) is 22.2 Å². The largest absolute Gasteiger partial charge is 0.370 e. The van der Waals surface area contributed by atoms with E-state index >= 15 is 0 Å². The highest BCUT2D eigenvalue weighted by Gasteiger charge is 2.11. The van der Waals surface area contributed by atoms with Crippen LogP contribution in [-0.4, -0.2) is 16.5 Å². The van der Waals surface area contributed by atoms with Crippen molar-refractivity contribution in [2.45, 2.75) is 27.2 Å². The standard InChI is InChI=1S/C15H17ClFN3/c1-4-5-18-14-9(2)10(3)19-15(20-14)11-6-12(16)8-13(17)7-11/h6-8H,4-5H2,1-3H3,(H,18,19,20). The lowest BCUT2D eigenvalue weighted by Gasteiger charge is -2.12. The van der Waals surface area contributed by atoms with Crippen LogP contribution in [0.15, 0.2) is 18.2 Å². The number of aromatic nitrogens is 2. The third kappa shape index (κ3) is 3.25. The number of anilines is 1. The van der Waals surface area contributed by atoms with Crippen LogP contribution < -0.4 is 5.32 Å². The van der Waals surface area contributed by atoms with Gasteiger partial charge in [-0.05, 0) is 38.5 Å². The number of hydrogen-bond acceptors (Lipinski definition) is 3. The van der Waals surface area contributed by atoms with Crippen molar-refractivity contribution in [3.05, 3.63) is 40.3 Å². The van der Waals surface area contributed by atoms with E-state index in [4.69, 9.17) is 11.6 Å². The summed E-state index contributed by atoms with van der Waals surface area (Å²) >= 11 is 5.88. The number of nitrogens with one attached hydrogen (secondary N) is 1. The molecule has 0 radical (unpaired) electrons. The fraction of sp³-hybridized carbons (Fsp3) is 0.333. The van der Waals surface area contributed by atoms with Crippen molar-refractivity contribution < 1.29 is 4.39 Å². The highest BCUT2D eigenvalue weighted by Crippen LogP contribution is 2.25. The van der Waals surface area contributed by atoms with Gasteiger partial charge in [0.25, 0.3) is 0 Å². The molecule has 0 atom stereocenters. The minimum atomic E-state index is -0.391. The number of benzene rings is 1. The van der Waals surface area contributed by atoms with E-state index < -0.39 is 5.82 Å². The fourth-order valence-corrected chi connectivity index (χ4v) is 2.08. The molecule has 1 heterocycles. The molecular formula is C15H17ClFN3. The highest BCUT2D eigenvalue weighted by molar-refractivity contribution is 6.30. The third-order valence-corrected chi connectivity index (χ3v) is 3.27. The maximum atomic E-state index is 13.4. The molecule has 3 nitrogen and oxygen atoms in total. The molecule has 2 rings (SSSR count). The Kier molecular flexibility index (Phi) is 4.55. The van der Waals surface area contributed by atoms with E-state index in [1.165, 1.54) is 12.1 Å². The Balaban J connectivity index is 2.48. The molecule has 0 saturated carbocycles. The van der Waals surface area contributed by atoms with Crippen LogP contribution in [0.25, 0.3) is 11.4 Å². The average Bonchev–Trinajstić information content (AvgIpc) is 2.39. The molecule has 0 aliphatic rings. The maximum Gasteiger partial charge on any atom is 0.161 e. The second kappa shape index (κ2) is 6.18. The Morgan fingerprint density at radius 3 is 2.60 bits per heavy atom. The first kappa shape index (κ1) is 14.7. The van der Waals surface area contributed by atoms with Gasteiger partial charge in [-0.25, -0.2) is 14.4 Å². The van der Waals surface area contributed by atoms with E-state index in [0.717, 1.165) is 30.0 Å². The van der Waals surface area contributed by atoms with E-state index in [-0.39, 0.29) is 0 Å². The number of nitrogens with zero attached hydrogens (tertiary/aromatic N) is 2. The lowest BCUT2D eigenvalue weighted by molar-refractivity contribution is 0.628. The van der Waals surface area contributed by atoms with Crippen molar-refractivity contribution in [3.8, 4) is 11.4 Å². The van der Waals surface area contributed by atoms with Gasteiger partial charge in [-0.15, -0.1) is 0 Å². The third-order valence-electron chi connectivity index (χ3n) is 3.05. The predicted molar refractivity (Wildman–Crippen MR) is 80.7 cm³/mol. The zero-order valence-electron chi connectivity index (χ0n) is 11.8. The Hall–Kier alpha value is -1.68. The molecule has 1 N–H and O–H groups in total. The van der Waals surface area contributed by atoms with Crippen molar-refractivity contribution in [2.75, 3.05) is 11.9 Å². The molecule has 106 valence electrons. The van der Waals surface area contributed by atoms with E-state index in [1.807, 2.05) is 13.8 Å². The van der Waals surface area contributed by atoms with Crippen LogP contribution in [0, 0.1) is 19.7 Å². The Morgan fingerprint density at radius 2 is 1.95 bits per heavy atom. The maximum absolute atomic E-state index is 13.4. The summed E-state index contributed by atoms with van der Waals surface area (Å²) in [6, 6.07) is 4.32. The van der Waals surface area contributed by atoms with Gasteiger partial charge in [0.05, 0.1) is 0 Å². The van der Waals surface area contributed by atoms with Gasteiger partial charge >= 0.3 is 0 Å². The lowest BCUT2D eigenvalue weighted by atomic mass is 10.1. The van der Waals surface area contributed by atoms with Crippen molar-refractivity contribution >= 4 is 17.4 Å². The number of rotatable bonds is 4. The van der Waals surface area contributed by atoms with Gasteiger partial charge in [-0.3, -0.25) is 0 Å². The van der Waals surface area contributed by atoms with Gasteiger partial charge < -0.3 is 5.32 Å². The van der Waals surface area contributed by atoms with E-state index in [9.17, 15) is 4.39 Å². The van der Waals surface area contributed by atoms with Gasteiger partial charge in [0.2, 0.25) is 0 Å². The van der Waals surface area contributed by atoms with Crippen molar-refractivity contribution in [1.29, 1.82) is 0 Å². The molecule has 0 aliphatic heterocycles. The molecule has 0 bridgehead atoms. The molecule has 0 unspecified atom stereocenters. The minimum absolute atomic E-state index is 0.338. The molecule has 1 aromatic heterocycles. The number of halogens is 2. The zero-order chi connectivity index (χ0) is 14.7. The minimum Gasteiger partial charge on any atom is -0.370 e. The summed E-state index contributed by atoms with van der Waals surface area (Å²) in [5.74, 6) is 0.875. The van der Waals surface area contributed by atoms with Gasteiger partial charge in [0.15, 0.2) is 5.82 Å². The number of aryl methyl sites for hydroxylation is 1. The van der Waals surface area contributed by atoms with Gasteiger partial charge in [0.1, 0.15) is 11.6 Å². The first-order valence-corrected chi connectivity index (χ1v) is 6.94. The average molecular weight is 294 g/mol. The summed E-state index contributed by atoms with van der Waals surface area (Å²) in [6.45, 7) is 6.80. The fourth-order valence-electron chi connectivity index (χ4n) is 1.86. The summed E-state index contributed by atoms with van der Waals surface area (Å²) in [4.78, 5) is 8.89. The van der Waals surface area contributed by atoms with Crippen LogP contribution in [0.3, 0.4) is 0 Å².